The molecule has 0 saturated heterocycles. The van der Waals surface area contributed by atoms with Crippen LogP contribution < -0.4 is 5.30 Å². The highest BCUT2D eigenvalue weighted by Crippen LogP contribution is 2.56. The van der Waals surface area contributed by atoms with Crippen molar-refractivity contribution in [1.29, 1.82) is 0 Å². The Kier molecular flexibility index (Phi) is 5.99. The molecule has 2 heteroatoms. The van der Waals surface area contributed by atoms with E-state index in [-0.39, 0.29) is 5.48 Å². The highest BCUT2D eigenvalue weighted by molar-refractivity contribution is 7.82. The van der Waals surface area contributed by atoms with Crippen LogP contribution in [0.4, 0.5) is 0 Å². The molecule has 0 aliphatic rings. The maximum absolute atomic E-state index is 2.34. The summed E-state index contributed by atoms with van der Waals surface area (Å²) in [6.07, 6.45) is 4.05. The first-order valence-corrected chi connectivity index (χ1v) is 7.55. The van der Waals surface area contributed by atoms with Gasteiger partial charge in [0.05, 0.1) is 23.8 Å². The Bertz CT molecular complexity index is 233. The van der Waals surface area contributed by atoms with Crippen molar-refractivity contribution in [2.75, 3.05) is 18.5 Å². The second-order valence-electron chi connectivity index (χ2n) is 3.43. The average molecular weight is 212 g/mol. The van der Waals surface area contributed by atoms with E-state index in [0.29, 0.717) is 0 Å². The zero-order valence-electron chi connectivity index (χ0n) is 9.40. The van der Waals surface area contributed by atoms with Gasteiger partial charge in [-0.3, -0.25) is 0 Å². The lowest BCUT2D eigenvalue weighted by atomic mass is 10.4. The number of hydrogen-bond acceptors (Lipinski definition) is 1. The molecule has 1 nitrogen and oxygen atoms in total. The third-order valence-corrected chi connectivity index (χ3v) is 8.15. The van der Waals surface area contributed by atoms with Gasteiger partial charge < -0.3 is 5.48 Å². The van der Waals surface area contributed by atoms with E-state index >= 15 is 0 Å². The van der Waals surface area contributed by atoms with Crippen molar-refractivity contribution in [2.45, 2.75) is 20.8 Å². The van der Waals surface area contributed by atoms with E-state index in [1.807, 2.05) is 0 Å². The Balaban J connectivity index is 0.00000169. The zero-order valence-corrected chi connectivity index (χ0v) is 10.3. The molecule has 1 aromatic rings. The Morgan fingerprint density at radius 2 is 1.29 bits per heavy atom. The molecule has 1 aromatic carbocycles. The van der Waals surface area contributed by atoms with Crippen LogP contribution >= 0.6 is 7.26 Å². The molecule has 0 aliphatic carbocycles. The summed E-state index contributed by atoms with van der Waals surface area (Å²) in [7, 11) is -0.791. The predicted octanol–water partition coefficient (Wildman–Crippen LogP) is 3.21. The van der Waals surface area contributed by atoms with Gasteiger partial charge in [-0.25, -0.2) is 0 Å². The molecule has 0 heterocycles. The van der Waals surface area contributed by atoms with E-state index in [1.54, 1.807) is 5.30 Å². The first-order valence-electron chi connectivity index (χ1n) is 5.20. The van der Waals surface area contributed by atoms with Gasteiger partial charge in [-0.05, 0) is 32.9 Å². The van der Waals surface area contributed by atoms with E-state index in [2.05, 4.69) is 51.1 Å². The minimum Gasteiger partial charge on any atom is -0.870 e. The Morgan fingerprint density at radius 3 is 1.64 bits per heavy atom. The minimum absolute atomic E-state index is 0. The van der Waals surface area contributed by atoms with Crippen LogP contribution in [0.5, 0.6) is 0 Å². The standard InChI is InChI=1S/C12H20P.H2O/c1-4-13(5-2,6-3)12-10-8-7-9-11-12;/h7-11H,4-6H2,1-3H3;1H2/q+1;/p-1. The van der Waals surface area contributed by atoms with Gasteiger partial charge in [0.25, 0.3) is 0 Å². The normalized spacial score (nSPS) is 10.8. The van der Waals surface area contributed by atoms with Crippen LogP contribution in [0.2, 0.25) is 0 Å². The Labute approximate surface area is 88.2 Å². The molecular weight excluding hydrogens is 191 g/mol. The zero-order chi connectivity index (χ0) is 9.73. The van der Waals surface area contributed by atoms with Gasteiger partial charge in [-0.1, -0.05) is 18.2 Å². The molecular formula is C12H21OP. The molecule has 1 rings (SSSR count). The highest BCUT2D eigenvalue weighted by atomic mass is 31.2. The summed E-state index contributed by atoms with van der Waals surface area (Å²) in [5.74, 6) is 0. The Hall–Kier alpha value is -0.390. The third-order valence-electron chi connectivity index (χ3n) is 3.12. The fraction of sp³-hybridized carbons (Fsp3) is 0.500. The monoisotopic (exact) mass is 212 g/mol. The van der Waals surface area contributed by atoms with Crippen LogP contribution in [0, 0.1) is 0 Å². The van der Waals surface area contributed by atoms with Crippen LogP contribution in [-0.4, -0.2) is 24.0 Å². The first kappa shape index (κ1) is 13.6. The highest BCUT2D eigenvalue weighted by Gasteiger charge is 2.33. The maximum atomic E-state index is 2.34. The van der Waals surface area contributed by atoms with Gasteiger partial charge in [-0.15, -0.1) is 0 Å². The molecule has 0 aromatic heterocycles. The largest absolute Gasteiger partial charge is 0.870 e. The summed E-state index contributed by atoms with van der Waals surface area (Å²) in [5.41, 5.74) is 0. The molecule has 14 heavy (non-hydrogen) atoms. The molecule has 0 fully saturated rings. The van der Waals surface area contributed by atoms with Crippen LogP contribution in [0.1, 0.15) is 20.8 Å². The summed E-state index contributed by atoms with van der Waals surface area (Å²) in [4.78, 5) is 0. The van der Waals surface area contributed by atoms with Gasteiger partial charge in [0.1, 0.15) is 0 Å². The smallest absolute Gasteiger partial charge is 0.0939 e. The van der Waals surface area contributed by atoms with Crippen molar-refractivity contribution >= 4 is 12.6 Å². The molecule has 0 atom stereocenters. The van der Waals surface area contributed by atoms with Crippen molar-refractivity contribution < 1.29 is 5.48 Å². The molecule has 80 valence electrons. The molecule has 0 amide bonds. The summed E-state index contributed by atoms with van der Waals surface area (Å²) in [6.45, 7) is 7.02. The van der Waals surface area contributed by atoms with Crippen molar-refractivity contribution in [3.05, 3.63) is 30.3 Å². The van der Waals surface area contributed by atoms with Crippen LogP contribution in [-0.2, 0) is 0 Å². The maximum Gasteiger partial charge on any atom is 0.0939 e. The minimum atomic E-state index is -0.791. The number of rotatable bonds is 4. The first-order chi connectivity index (χ1) is 6.29. The summed E-state index contributed by atoms with van der Waals surface area (Å²) in [5, 5.41) is 1.61. The molecule has 0 bridgehead atoms. The van der Waals surface area contributed by atoms with Gasteiger partial charge in [-0.2, -0.15) is 0 Å². The fourth-order valence-electron chi connectivity index (χ4n) is 1.96. The van der Waals surface area contributed by atoms with E-state index in [1.165, 1.54) is 18.5 Å². The van der Waals surface area contributed by atoms with E-state index in [0.717, 1.165) is 0 Å². The lowest BCUT2D eigenvalue weighted by Crippen LogP contribution is -2.17. The molecule has 0 spiro atoms. The van der Waals surface area contributed by atoms with E-state index in [4.69, 9.17) is 0 Å². The summed E-state index contributed by atoms with van der Waals surface area (Å²) in [6, 6.07) is 11.1. The Morgan fingerprint density at radius 1 is 0.857 bits per heavy atom. The van der Waals surface area contributed by atoms with Gasteiger partial charge in [0.15, 0.2) is 0 Å². The van der Waals surface area contributed by atoms with E-state index in [9.17, 15) is 0 Å². The van der Waals surface area contributed by atoms with Crippen molar-refractivity contribution in [3.63, 3.8) is 0 Å². The predicted molar refractivity (Wildman–Crippen MR) is 66.6 cm³/mol. The topological polar surface area (TPSA) is 30.0 Å². The second kappa shape index (κ2) is 6.16. The average Bonchev–Trinajstić information content (AvgIpc) is 2.23. The molecule has 0 unspecified atom stereocenters. The quantitative estimate of drug-likeness (QED) is 0.705. The second-order valence-corrected chi connectivity index (χ2v) is 8.13. The van der Waals surface area contributed by atoms with Crippen LogP contribution in [0.25, 0.3) is 0 Å². The van der Waals surface area contributed by atoms with Crippen molar-refractivity contribution in [1.82, 2.24) is 0 Å². The van der Waals surface area contributed by atoms with Crippen molar-refractivity contribution in [3.8, 4) is 0 Å². The summed E-state index contributed by atoms with van der Waals surface area (Å²) >= 11 is 0. The SMILES string of the molecule is CC[P+](CC)(CC)c1ccccc1.[OH-]. The van der Waals surface area contributed by atoms with E-state index < -0.39 is 7.26 Å². The molecule has 0 aliphatic heterocycles. The van der Waals surface area contributed by atoms with Gasteiger partial charge >= 0.3 is 0 Å². The summed E-state index contributed by atoms with van der Waals surface area (Å²) < 4.78 is 0. The fourth-order valence-corrected chi connectivity index (χ4v) is 5.20. The molecule has 0 radical (unpaired) electrons. The van der Waals surface area contributed by atoms with Gasteiger partial charge in [0.2, 0.25) is 0 Å². The molecule has 1 N–H and O–H groups in total. The molecule has 0 saturated carbocycles. The van der Waals surface area contributed by atoms with Gasteiger partial charge in [0, 0.05) is 7.26 Å². The number of benzene rings is 1. The van der Waals surface area contributed by atoms with Crippen LogP contribution in [0.15, 0.2) is 30.3 Å². The number of hydrogen-bond donors (Lipinski definition) is 0. The van der Waals surface area contributed by atoms with Crippen LogP contribution in [0.3, 0.4) is 0 Å². The lowest BCUT2D eigenvalue weighted by Gasteiger charge is -2.23. The third kappa shape index (κ3) is 2.56. The van der Waals surface area contributed by atoms with Crippen molar-refractivity contribution in [2.24, 2.45) is 0 Å². The lowest BCUT2D eigenvalue weighted by molar-refractivity contribution is 0.824.